The topological polar surface area (TPSA) is 102 Å². The first kappa shape index (κ1) is 19.4. The Kier molecular flexibility index (Phi) is 5.95. The molecule has 0 atom stereocenters. The zero-order valence-electron chi connectivity index (χ0n) is 15.7. The summed E-state index contributed by atoms with van der Waals surface area (Å²) in [6.45, 7) is 1.78. The van der Waals surface area contributed by atoms with E-state index in [9.17, 15) is 9.59 Å². The van der Waals surface area contributed by atoms with Gasteiger partial charge >= 0.3 is 6.03 Å². The quantitative estimate of drug-likeness (QED) is 0.572. The minimum atomic E-state index is -0.421. The van der Waals surface area contributed by atoms with E-state index in [0.29, 0.717) is 34.4 Å². The molecule has 1 aromatic heterocycles. The minimum Gasteiger partial charge on any atom is -0.497 e. The van der Waals surface area contributed by atoms with Crippen LogP contribution in [0.3, 0.4) is 0 Å². The van der Waals surface area contributed by atoms with Gasteiger partial charge in [0.1, 0.15) is 11.5 Å². The number of amides is 3. The van der Waals surface area contributed by atoms with Crippen LogP contribution in [-0.4, -0.2) is 31.1 Å². The van der Waals surface area contributed by atoms with Gasteiger partial charge in [-0.1, -0.05) is 18.3 Å². The van der Waals surface area contributed by atoms with E-state index >= 15 is 0 Å². The number of urea groups is 1. The molecule has 0 aliphatic rings. The van der Waals surface area contributed by atoms with Gasteiger partial charge in [-0.3, -0.25) is 4.79 Å². The van der Waals surface area contributed by atoms with Gasteiger partial charge < -0.3 is 25.4 Å². The Labute approximate surface area is 165 Å². The van der Waals surface area contributed by atoms with Crippen LogP contribution in [0.15, 0.2) is 36.4 Å². The van der Waals surface area contributed by atoms with Gasteiger partial charge in [0.25, 0.3) is 0 Å². The summed E-state index contributed by atoms with van der Waals surface area (Å²) in [4.78, 5) is 28.3. The third-order valence-corrected chi connectivity index (χ3v) is 4.80. The van der Waals surface area contributed by atoms with Crippen molar-refractivity contribution in [1.82, 2.24) is 4.98 Å². The molecule has 0 fully saturated rings. The summed E-state index contributed by atoms with van der Waals surface area (Å²) >= 11 is 1.35. The number of methoxy groups -OCH3 is 2. The Bertz CT molecular complexity index is 1020. The molecular formula is C19H20N4O4S. The van der Waals surface area contributed by atoms with E-state index in [1.165, 1.54) is 18.4 Å². The van der Waals surface area contributed by atoms with Crippen LogP contribution >= 0.6 is 11.3 Å². The summed E-state index contributed by atoms with van der Waals surface area (Å²) in [6.07, 6.45) is 0.386. The number of nitrogens with one attached hydrogen (secondary N) is 3. The Morgan fingerprint density at radius 1 is 1.04 bits per heavy atom. The maximum atomic E-state index is 12.4. The lowest BCUT2D eigenvalue weighted by atomic mass is 10.2. The van der Waals surface area contributed by atoms with Crippen LogP contribution in [0.2, 0.25) is 0 Å². The number of ether oxygens (including phenoxy) is 2. The standard InChI is InChI=1S/C19H20N4O4S/c1-4-17(24)23-19-22-13-7-5-11(9-16(13)28-19)20-18(25)21-14-10-12(26-2)6-8-15(14)27-3/h5-10H,4H2,1-3H3,(H2,20,21,25)(H,22,23,24). The highest BCUT2D eigenvalue weighted by molar-refractivity contribution is 7.22. The lowest BCUT2D eigenvalue weighted by molar-refractivity contribution is -0.115. The van der Waals surface area contributed by atoms with Crippen LogP contribution in [-0.2, 0) is 4.79 Å². The van der Waals surface area contributed by atoms with Gasteiger partial charge in [-0.15, -0.1) is 0 Å². The number of aromatic nitrogens is 1. The highest BCUT2D eigenvalue weighted by Crippen LogP contribution is 2.30. The molecule has 0 aliphatic carbocycles. The summed E-state index contributed by atoms with van der Waals surface area (Å²) in [7, 11) is 3.07. The first-order valence-corrected chi connectivity index (χ1v) is 9.34. The normalized spacial score (nSPS) is 10.4. The van der Waals surface area contributed by atoms with E-state index in [1.54, 1.807) is 50.4 Å². The summed E-state index contributed by atoms with van der Waals surface area (Å²) < 4.78 is 11.3. The molecule has 0 saturated heterocycles. The number of benzene rings is 2. The van der Waals surface area contributed by atoms with Crippen LogP contribution in [0.5, 0.6) is 11.5 Å². The van der Waals surface area contributed by atoms with E-state index in [2.05, 4.69) is 20.9 Å². The number of anilines is 3. The van der Waals surface area contributed by atoms with Gasteiger partial charge in [0.2, 0.25) is 5.91 Å². The smallest absolute Gasteiger partial charge is 0.323 e. The number of nitrogens with zero attached hydrogens (tertiary/aromatic N) is 1. The lowest BCUT2D eigenvalue weighted by Gasteiger charge is -2.12. The molecule has 9 heteroatoms. The molecule has 0 saturated carbocycles. The molecule has 8 nitrogen and oxygen atoms in total. The Morgan fingerprint density at radius 2 is 1.86 bits per heavy atom. The monoisotopic (exact) mass is 400 g/mol. The van der Waals surface area contributed by atoms with Crippen molar-refractivity contribution in [2.24, 2.45) is 0 Å². The fourth-order valence-electron chi connectivity index (χ4n) is 2.46. The van der Waals surface area contributed by atoms with Crippen molar-refractivity contribution >= 4 is 50.0 Å². The highest BCUT2D eigenvalue weighted by Gasteiger charge is 2.11. The summed E-state index contributed by atoms with van der Waals surface area (Å²) in [6, 6.07) is 10.0. The van der Waals surface area contributed by atoms with Gasteiger partial charge in [-0.25, -0.2) is 9.78 Å². The SMILES string of the molecule is CCC(=O)Nc1nc2ccc(NC(=O)Nc3cc(OC)ccc3OC)cc2s1. The fraction of sp³-hybridized carbons (Fsp3) is 0.211. The van der Waals surface area contributed by atoms with E-state index in [4.69, 9.17) is 9.47 Å². The van der Waals surface area contributed by atoms with Gasteiger partial charge in [0.15, 0.2) is 5.13 Å². The Morgan fingerprint density at radius 3 is 2.57 bits per heavy atom. The number of rotatable bonds is 6. The molecule has 0 unspecified atom stereocenters. The minimum absolute atomic E-state index is 0.0935. The fourth-order valence-corrected chi connectivity index (χ4v) is 3.38. The average molecular weight is 400 g/mol. The van der Waals surface area contributed by atoms with Crippen molar-refractivity contribution in [3.05, 3.63) is 36.4 Å². The van der Waals surface area contributed by atoms with Crippen molar-refractivity contribution in [2.75, 3.05) is 30.2 Å². The molecule has 3 aromatic rings. The second kappa shape index (κ2) is 8.57. The predicted octanol–water partition coefficient (Wildman–Crippen LogP) is 4.31. The van der Waals surface area contributed by atoms with Gasteiger partial charge in [0.05, 0.1) is 30.1 Å². The molecule has 0 aliphatic heterocycles. The first-order chi connectivity index (χ1) is 13.5. The van der Waals surface area contributed by atoms with Crippen molar-refractivity contribution in [2.45, 2.75) is 13.3 Å². The number of carbonyl (C=O) groups is 2. The maximum Gasteiger partial charge on any atom is 0.323 e. The molecule has 1 heterocycles. The number of hydrogen-bond acceptors (Lipinski definition) is 6. The van der Waals surface area contributed by atoms with Crippen molar-refractivity contribution in [3.63, 3.8) is 0 Å². The van der Waals surface area contributed by atoms with Crippen molar-refractivity contribution < 1.29 is 19.1 Å². The number of thiazole rings is 1. The Hall–Kier alpha value is -3.33. The molecule has 3 rings (SSSR count). The third-order valence-electron chi connectivity index (χ3n) is 3.87. The second-order valence-electron chi connectivity index (χ2n) is 5.75. The molecule has 2 aromatic carbocycles. The number of hydrogen-bond donors (Lipinski definition) is 3. The molecule has 146 valence electrons. The van der Waals surface area contributed by atoms with Crippen LogP contribution in [0.25, 0.3) is 10.2 Å². The first-order valence-electron chi connectivity index (χ1n) is 8.53. The number of fused-ring (bicyclic) bond motifs is 1. The van der Waals surface area contributed by atoms with Crippen LogP contribution in [0, 0.1) is 0 Å². The summed E-state index contributed by atoms with van der Waals surface area (Å²) in [5, 5.41) is 8.80. The molecule has 0 spiro atoms. The van der Waals surface area contributed by atoms with Crippen molar-refractivity contribution in [3.8, 4) is 11.5 Å². The van der Waals surface area contributed by atoms with E-state index < -0.39 is 6.03 Å². The van der Waals surface area contributed by atoms with E-state index in [1.807, 2.05) is 0 Å². The van der Waals surface area contributed by atoms with Crippen molar-refractivity contribution in [1.29, 1.82) is 0 Å². The van der Waals surface area contributed by atoms with Crippen LogP contribution in [0.4, 0.5) is 21.3 Å². The molecule has 0 bridgehead atoms. The van der Waals surface area contributed by atoms with Gasteiger partial charge in [0, 0.05) is 18.2 Å². The maximum absolute atomic E-state index is 12.4. The average Bonchev–Trinajstić information content (AvgIpc) is 3.09. The third kappa shape index (κ3) is 4.49. The highest BCUT2D eigenvalue weighted by atomic mass is 32.1. The largest absolute Gasteiger partial charge is 0.497 e. The molecule has 3 N–H and O–H groups in total. The lowest BCUT2D eigenvalue weighted by Crippen LogP contribution is -2.19. The van der Waals surface area contributed by atoms with Crippen LogP contribution < -0.4 is 25.4 Å². The van der Waals surface area contributed by atoms with E-state index in [-0.39, 0.29) is 5.91 Å². The second-order valence-corrected chi connectivity index (χ2v) is 6.78. The number of carbonyl (C=O) groups excluding carboxylic acids is 2. The van der Waals surface area contributed by atoms with Crippen LogP contribution in [0.1, 0.15) is 13.3 Å². The summed E-state index contributed by atoms with van der Waals surface area (Å²) in [5.74, 6) is 1.03. The molecule has 28 heavy (non-hydrogen) atoms. The molecule has 0 radical (unpaired) electrons. The predicted molar refractivity (Wildman–Crippen MR) is 111 cm³/mol. The summed E-state index contributed by atoms with van der Waals surface area (Å²) in [5.41, 5.74) is 1.84. The Balaban J connectivity index is 1.73. The molecule has 3 amide bonds. The zero-order valence-corrected chi connectivity index (χ0v) is 16.5. The molecular weight excluding hydrogens is 380 g/mol. The van der Waals surface area contributed by atoms with Gasteiger partial charge in [-0.05, 0) is 30.3 Å². The zero-order chi connectivity index (χ0) is 20.1. The van der Waals surface area contributed by atoms with Gasteiger partial charge in [-0.2, -0.15) is 0 Å². The van der Waals surface area contributed by atoms with E-state index in [0.717, 1.165) is 10.2 Å².